The van der Waals surface area contributed by atoms with Crippen molar-refractivity contribution in [3.8, 4) is 21.8 Å². The van der Waals surface area contributed by atoms with Crippen LogP contribution in [0, 0.1) is 0 Å². The van der Waals surface area contributed by atoms with Gasteiger partial charge in [0.2, 0.25) is 0 Å². The Morgan fingerprint density at radius 3 is 2.73 bits per heavy atom. The Morgan fingerprint density at radius 2 is 1.95 bits per heavy atom. The number of pyridine rings is 1. The van der Waals surface area contributed by atoms with Crippen LogP contribution in [-0.2, 0) is 6.42 Å². The first-order valence-corrected chi connectivity index (χ1v) is 8.38. The molecule has 0 saturated heterocycles. The molecule has 0 atom stereocenters. The topological polar surface area (TPSA) is 51.8 Å². The fraction of sp³-hybridized carbons (Fsp3) is 0.176. The summed E-state index contributed by atoms with van der Waals surface area (Å²) in [5.41, 5.74) is 10.00. The summed E-state index contributed by atoms with van der Waals surface area (Å²) in [6, 6.07) is 9.78. The van der Waals surface area contributed by atoms with E-state index in [0.717, 1.165) is 39.7 Å². The van der Waals surface area contributed by atoms with Gasteiger partial charge in [-0.15, -0.1) is 11.3 Å². The van der Waals surface area contributed by atoms with Crippen LogP contribution < -0.4 is 5.73 Å². The monoisotopic (exact) mass is 329 g/mol. The molecule has 0 unspecified atom stereocenters. The van der Waals surface area contributed by atoms with Crippen molar-refractivity contribution in [1.29, 1.82) is 0 Å². The second-order valence-corrected chi connectivity index (χ2v) is 6.26. The molecule has 0 spiro atoms. The minimum atomic E-state index is 0.690. The molecule has 0 fully saturated rings. The van der Waals surface area contributed by atoms with Gasteiger partial charge in [-0.05, 0) is 43.1 Å². The highest BCUT2D eigenvalue weighted by Gasteiger charge is 2.10. The first-order valence-electron chi connectivity index (χ1n) is 7.12. The molecule has 2 N–H and O–H groups in total. The Kier molecular flexibility index (Phi) is 4.83. The van der Waals surface area contributed by atoms with Crippen molar-refractivity contribution in [3.63, 3.8) is 0 Å². The van der Waals surface area contributed by atoms with Crippen molar-refractivity contribution in [2.75, 3.05) is 6.54 Å². The second kappa shape index (κ2) is 7.01. The average Bonchev–Trinajstić information content (AvgIpc) is 3.03. The van der Waals surface area contributed by atoms with Crippen LogP contribution in [0.2, 0.25) is 5.02 Å². The molecule has 3 aromatic rings. The number of aryl methyl sites for hydroxylation is 1. The van der Waals surface area contributed by atoms with Crippen molar-refractivity contribution in [2.24, 2.45) is 5.73 Å². The van der Waals surface area contributed by atoms with Gasteiger partial charge < -0.3 is 5.73 Å². The van der Waals surface area contributed by atoms with Crippen molar-refractivity contribution in [3.05, 3.63) is 58.7 Å². The number of rotatable bonds is 5. The van der Waals surface area contributed by atoms with E-state index in [1.165, 1.54) is 5.56 Å². The minimum absolute atomic E-state index is 0.690. The summed E-state index contributed by atoms with van der Waals surface area (Å²) in [4.78, 5) is 8.99. The van der Waals surface area contributed by atoms with Crippen LogP contribution in [0.1, 0.15) is 12.0 Å². The van der Waals surface area contributed by atoms with Gasteiger partial charge in [-0.25, -0.2) is 4.98 Å². The maximum Gasteiger partial charge on any atom is 0.125 e. The zero-order valence-corrected chi connectivity index (χ0v) is 13.6. The Labute approximate surface area is 138 Å². The van der Waals surface area contributed by atoms with Gasteiger partial charge in [0.1, 0.15) is 5.01 Å². The van der Waals surface area contributed by atoms with Gasteiger partial charge >= 0.3 is 0 Å². The number of thiazole rings is 1. The van der Waals surface area contributed by atoms with Gasteiger partial charge in [0.05, 0.1) is 5.69 Å². The highest BCUT2D eigenvalue weighted by atomic mass is 35.5. The van der Waals surface area contributed by atoms with Crippen LogP contribution in [0.4, 0.5) is 0 Å². The van der Waals surface area contributed by atoms with Crippen molar-refractivity contribution >= 4 is 22.9 Å². The molecule has 112 valence electrons. The summed E-state index contributed by atoms with van der Waals surface area (Å²) in [7, 11) is 0. The summed E-state index contributed by atoms with van der Waals surface area (Å²) in [5, 5.41) is 3.79. The van der Waals surface area contributed by atoms with E-state index < -0.39 is 0 Å². The highest BCUT2D eigenvalue weighted by Crippen LogP contribution is 2.31. The Bertz CT molecular complexity index is 753. The summed E-state index contributed by atoms with van der Waals surface area (Å²) < 4.78 is 0. The molecule has 3 rings (SSSR count). The molecule has 0 radical (unpaired) electrons. The second-order valence-electron chi connectivity index (χ2n) is 4.97. The zero-order chi connectivity index (χ0) is 15.4. The van der Waals surface area contributed by atoms with Crippen LogP contribution in [0.15, 0.2) is 48.1 Å². The predicted molar refractivity (Wildman–Crippen MR) is 93.2 cm³/mol. The van der Waals surface area contributed by atoms with E-state index in [2.05, 4.69) is 10.4 Å². The zero-order valence-electron chi connectivity index (χ0n) is 12.0. The van der Waals surface area contributed by atoms with Gasteiger partial charge in [-0.3, -0.25) is 4.98 Å². The Hall–Kier alpha value is -1.75. The summed E-state index contributed by atoms with van der Waals surface area (Å²) >= 11 is 7.57. The third-order valence-electron chi connectivity index (χ3n) is 3.44. The number of nitrogens with two attached hydrogens (primary N) is 1. The maximum absolute atomic E-state index is 5.93. The van der Waals surface area contributed by atoms with Crippen LogP contribution in [-0.4, -0.2) is 16.5 Å². The van der Waals surface area contributed by atoms with E-state index in [4.69, 9.17) is 22.3 Å². The molecule has 0 bridgehead atoms. The number of hydrogen-bond donors (Lipinski definition) is 1. The smallest absolute Gasteiger partial charge is 0.125 e. The maximum atomic E-state index is 5.93. The summed E-state index contributed by atoms with van der Waals surface area (Å²) in [5.74, 6) is 0. The minimum Gasteiger partial charge on any atom is -0.330 e. The number of aromatic nitrogens is 2. The molecule has 0 aliphatic rings. The fourth-order valence-corrected chi connectivity index (χ4v) is 3.28. The normalized spacial score (nSPS) is 10.8. The van der Waals surface area contributed by atoms with E-state index in [1.807, 2.05) is 42.7 Å². The lowest BCUT2D eigenvalue weighted by molar-refractivity contribution is 0.832. The van der Waals surface area contributed by atoms with Gasteiger partial charge in [-0.1, -0.05) is 23.7 Å². The van der Waals surface area contributed by atoms with E-state index in [0.29, 0.717) is 6.54 Å². The van der Waals surface area contributed by atoms with Crippen molar-refractivity contribution < 1.29 is 0 Å². The van der Waals surface area contributed by atoms with E-state index in [1.54, 1.807) is 11.3 Å². The highest BCUT2D eigenvalue weighted by molar-refractivity contribution is 7.13. The first-order chi connectivity index (χ1) is 10.8. The third kappa shape index (κ3) is 3.35. The van der Waals surface area contributed by atoms with E-state index in [-0.39, 0.29) is 0 Å². The standard InChI is InChI=1S/C17H16ClN3S/c18-14-5-3-13(4-6-14)16-11-22-17(21-16)15-10-20-9-7-12(15)2-1-8-19/h3-7,9-11H,1-2,8,19H2. The SMILES string of the molecule is NCCCc1ccncc1-c1nc(-c2ccc(Cl)cc2)cs1. The lowest BCUT2D eigenvalue weighted by Gasteiger charge is -2.05. The fourth-order valence-electron chi connectivity index (χ4n) is 2.28. The van der Waals surface area contributed by atoms with Crippen LogP contribution in [0.5, 0.6) is 0 Å². The molecular weight excluding hydrogens is 314 g/mol. The van der Waals surface area contributed by atoms with Crippen LogP contribution in [0.25, 0.3) is 21.8 Å². The number of hydrogen-bond acceptors (Lipinski definition) is 4. The molecule has 0 saturated carbocycles. The number of nitrogens with zero attached hydrogens (tertiary/aromatic N) is 2. The van der Waals surface area contributed by atoms with Crippen LogP contribution >= 0.6 is 22.9 Å². The van der Waals surface area contributed by atoms with E-state index in [9.17, 15) is 0 Å². The quantitative estimate of drug-likeness (QED) is 0.754. The molecule has 5 heteroatoms. The molecule has 2 aromatic heterocycles. The summed E-state index contributed by atoms with van der Waals surface area (Å²) in [6.45, 7) is 0.690. The van der Waals surface area contributed by atoms with E-state index >= 15 is 0 Å². The van der Waals surface area contributed by atoms with Gasteiger partial charge in [-0.2, -0.15) is 0 Å². The molecule has 0 aliphatic heterocycles. The van der Waals surface area contributed by atoms with Crippen LogP contribution in [0.3, 0.4) is 0 Å². The number of benzene rings is 1. The molecule has 0 amide bonds. The Morgan fingerprint density at radius 1 is 1.14 bits per heavy atom. The van der Waals surface area contributed by atoms with Crippen molar-refractivity contribution in [1.82, 2.24) is 9.97 Å². The molecule has 22 heavy (non-hydrogen) atoms. The first kappa shape index (κ1) is 15.2. The Balaban J connectivity index is 1.92. The third-order valence-corrected chi connectivity index (χ3v) is 4.56. The predicted octanol–water partition coefficient (Wildman–Crippen LogP) is 4.42. The van der Waals surface area contributed by atoms with Gasteiger partial charge in [0, 0.05) is 33.9 Å². The van der Waals surface area contributed by atoms with Crippen molar-refractivity contribution in [2.45, 2.75) is 12.8 Å². The average molecular weight is 330 g/mol. The molecule has 3 nitrogen and oxygen atoms in total. The van der Waals surface area contributed by atoms with Gasteiger partial charge in [0.25, 0.3) is 0 Å². The van der Waals surface area contributed by atoms with Gasteiger partial charge in [0.15, 0.2) is 0 Å². The molecule has 1 aromatic carbocycles. The molecular formula is C17H16ClN3S. The lowest BCUT2D eigenvalue weighted by Crippen LogP contribution is -2.01. The largest absolute Gasteiger partial charge is 0.330 e. The summed E-state index contributed by atoms with van der Waals surface area (Å²) in [6.07, 6.45) is 5.62. The lowest BCUT2D eigenvalue weighted by atomic mass is 10.1. The molecule has 0 aliphatic carbocycles. The molecule has 2 heterocycles. The number of halogens is 1.